The van der Waals surface area contributed by atoms with Crippen LogP contribution < -0.4 is 0 Å². The van der Waals surface area contributed by atoms with Crippen molar-refractivity contribution in [3.63, 3.8) is 0 Å². The van der Waals surface area contributed by atoms with Crippen LogP contribution in [0, 0.1) is 11.3 Å². The van der Waals surface area contributed by atoms with Crippen LogP contribution in [0.5, 0.6) is 0 Å². The summed E-state index contributed by atoms with van der Waals surface area (Å²) >= 11 is 1.58. The zero-order chi connectivity index (χ0) is 8.81. The highest BCUT2D eigenvalue weighted by atomic mass is 32.1. The van der Waals surface area contributed by atoms with Gasteiger partial charge in [-0.15, -0.1) is 0 Å². The molecule has 0 fully saturated rings. The maximum atomic E-state index is 10.1. The predicted octanol–water partition coefficient (Wildman–Crippen LogP) is 2.33. The van der Waals surface area contributed by atoms with Crippen LogP contribution in [0.2, 0.25) is 0 Å². The summed E-state index contributed by atoms with van der Waals surface area (Å²) in [6.07, 6.45) is 1.96. The molecule has 0 aliphatic heterocycles. The Labute approximate surface area is 75.5 Å². The van der Waals surface area contributed by atoms with E-state index in [9.17, 15) is 4.79 Å². The quantitative estimate of drug-likeness (QED) is 0.665. The molecule has 0 amide bonds. The number of nitrogens with zero attached hydrogens (tertiary/aromatic N) is 1. The first-order valence-electron chi connectivity index (χ1n) is 3.74. The number of hydrogen-bond acceptors (Lipinski definition) is 3. The molecule has 12 heavy (non-hydrogen) atoms. The zero-order valence-electron chi connectivity index (χ0n) is 6.56. The van der Waals surface area contributed by atoms with Crippen molar-refractivity contribution >= 4 is 17.6 Å². The number of carbonyl (C=O) groups is 1. The number of carbonyl (C=O) groups excluding carboxylic acids is 1. The van der Waals surface area contributed by atoms with Gasteiger partial charge in [0.25, 0.3) is 0 Å². The molecule has 1 aromatic rings. The third-order valence-electron chi connectivity index (χ3n) is 1.67. The molecule has 2 nitrogen and oxygen atoms in total. The molecular weight excluding hydrogens is 170 g/mol. The molecule has 62 valence electrons. The van der Waals surface area contributed by atoms with E-state index in [-0.39, 0.29) is 5.92 Å². The van der Waals surface area contributed by atoms with Crippen molar-refractivity contribution in [2.24, 2.45) is 0 Å². The second-order valence-electron chi connectivity index (χ2n) is 2.48. The Morgan fingerprint density at radius 2 is 2.58 bits per heavy atom. The summed E-state index contributed by atoms with van der Waals surface area (Å²) in [5.74, 6) is -0.110. The summed E-state index contributed by atoms with van der Waals surface area (Å²) in [6.45, 7) is 0. The Kier molecular flexibility index (Phi) is 3.49. The van der Waals surface area contributed by atoms with E-state index in [0.717, 1.165) is 11.8 Å². The highest BCUT2D eigenvalue weighted by Crippen LogP contribution is 2.21. The Hall–Kier alpha value is -1.14. The van der Waals surface area contributed by atoms with Gasteiger partial charge in [-0.05, 0) is 28.8 Å². The van der Waals surface area contributed by atoms with Gasteiger partial charge in [-0.3, -0.25) is 0 Å². The molecule has 1 unspecified atom stereocenters. The molecule has 0 aliphatic carbocycles. The van der Waals surface area contributed by atoms with E-state index >= 15 is 0 Å². The molecule has 3 heteroatoms. The predicted molar refractivity (Wildman–Crippen MR) is 48.0 cm³/mol. The zero-order valence-corrected chi connectivity index (χ0v) is 7.38. The van der Waals surface area contributed by atoms with Crippen LogP contribution >= 0.6 is 11.3 Å². The van der Waals surface area contributed by atoms with Gasteiger partial charge < -0.3 is 4.79 Å². The first-order chi connectivity index (χ1) is 5.88. The smallest absolute Gasteiger partial charge is 0.120 e. The monoisotopic (exact) mass is 179 g/mol. The first kappa shape index (κ1) is 8.95. The third kappa shape index (κ3) is 2.18. The second-order valence-corrected chi connectivity index (χ2v) is 3.26. The van der Waals surface area contributed by atoms with Gasteiger partial charge in [-0.2, -0.15) is 16.6 Å². The lowest BCUT2D eigenvalue weighted by Gasteiger charge is -2.02. The maximum absolute atomic E-state index is 10.1. The van der Waals surface area contributed by atoms with Crippen LogP contribution in [0.15, 0.2) is 16.8 Å². The highest BCUT2D eigenvalue weighted by molar-refractivity contribution is 7.08. The van der Waals surface area contributed by atoms with Gasteiger partial charge in [0.05, 0.1) is 12.0 Å². The van der Waals surface area contributed by atoms with Gasteiger partial charge in [-0.25, -0.2) is 0 Å². The number of rotatable bonds is 4. The number of thiophene rings is 1. The average Bonchev–Trinajstić information content (AvgIpc) is 2.59. The molecule has 0 spiro atoms. The fourth-order valence-corrected chi connectivity index (χ4v) is 1.73. The average molecular weight is 179 g/mol. The Morgan fingerprint density at radius 1 is 1.75 bits per heavy atom. The fraction of sp³-hybridized carbons (Fsp3) is 0.333. The van der Waals surface area contributed by atoms with E-state index in [0.29, 0.717) is 12.8 Å². The first-order valence-corrected chi connectivity index (χ1v) is 4.68. The minimum absolute atomic E-state index is 0.110. The van der Waals surface area contributed by atoms with Gasteiger partial charge in [0.15, 0.2) is 0 Å². The Bertz CT molecular complexity index is 273. The summed E-state index contributed by atoms with van der Waals surface area (Å²) < 4.78 is 0. The summed E-state index contributed by atoms with van der Waals surface area (Å²) in [7, 11) is 0. The lowest BCUT2D eigenvalue weighted by atomic mass is 9.99. The van der Waals surface area contributed by atoms with Crippen molar-refractivity contribution in [1.82, 2.24) is 0 Å². The SMILES string of the molecule is N#CC(CCC=O)c1ccsc1. The Morgan fingerprint density at radius 3 is 3.08 bits per heavy atom. The Balaban J connectivity index is 2.59. The van der Waals surface area contributed by atoms with Crippen molar-refractivity contribution < 1.29 is 4.79 Å². The van der Waals surface area contributed by atoms with E-state index in [4.69, 9.17) is 5.26 Å². The van der Waals surface area contributed by atoms with Gasteiger partial charge in [0.2, 0.25) is 0 Å². The summed E-state index contributed by atoms with van der Waals surface area (Å²) in [5, 5.41) is 12.7. The number of hydrogen-bond donors (Lipinski definition) is 0. The van der Waals surface area contributed by atoms with Gasteiger partial charge in [0.1, 0.15) is 6.29 Å². The molecule has 1 atom stereocenters. The van der Waals surface area contributed by atoms with Crippen molar-refractivity contribution in [2.45, 2.75) is 18.8 Å². The molecule has 1 aromatic heterocycles. The molecule has 0 N–H and O–H groups in total. The standard InChI is InChI=1S/C9H9NOS/c10-6-8(2-1-4-11)9-3-5-12-7-9/h3-5,7-8H,1-2H2. The minimum atomic E-state index is -0.110. The largest absolute Gasteiger partial charge is 0.303 e. The van der Waals surface area contributed by atoms with Crippen LogP contribution in [0.1, 0.15) is 24.3 Å². The van der Waals surface area contributed by atoms with E-state index in [2.05, 4.69) is 6.07 Å². The molecule has 0 aliphatic rings. The van der Waals surface area contributed by atoms with E-state index in [1.54, 1.807) is 11.3 Å². The van der Waals surface area contributed by atoms with Crippen LogP contribution in [0.3, 0.4) is 0 Å². The molecule has 0 radical (unpaired) electrons. The van der Waals surface area contributed by atoms with Crippen molar-refractivity contribution in [1.29, 1.82) is 5.26 Å². The van der Waals surface area contributed by atoms with Crippen molar-refractivity contribution in [3.05, 3.63) is 22.4 Å². The molecular formula is C9H9NOS. The van der Waals surface area contributed by atoms with Gasteiger partial charge in [-0.1, -0.05) is 0 Å². The summed E-state index contributed by atoms with van der Waals surface area (Å²) in [6, 6.07) is 4.12. The van der Waals surface area contributed by atoms with Crippen molar-refractivity contribution in [2.75, 3.05) is 0 Å². The van der Waals surface area contributed by atoms with E-state index in [1.807, 2.05) is 16.8 Å². The second kappa shape index (κ2) is 4.68. The molecule has 0 saturated carbocycles. The molecule has 0 saturated heterocycles. The molecule has 1 heterocycles. The normalized spacial score (nSPS) is 11.9. The van der Waals surface area contributed by atoms with Gasteiger partial charge in [0, 0.05) is 6.42 Å². The maximum Gasteiger partial charge on any atom is 0.120 e. The molecule has 0 aromatic carbocycles. The molecule has 1 rings (SSSR count). The van der Waals surface area contributed by atoms with Crippen LogP contribution in [0.4, 0.5) is 0 Å². The van der Waals surface area contributed by atoms with E-state index in [1.165, 1.54) is 0 Å². The lowest BCUT2D eigenvalue weighted by Crippen LogP contribution is -1.93. The van der Waals surface area contributed by atoms with E-state index < -0.39 is 0 Å². The fourth-order valence-electron chi connectivity index (χ4n) is 1.01. The lowest BCUT2D eigenvalue weighted by molar-refractivity contribution is -0.107. The van der Waals surface area contributed by atoms with Crippen LogP contribution in [-0.2, 0) is 4.79 Å². The number of aldehydes is 1. The third-order valence-corrected chi connectivity index (χ3v) is 2.38. The van der Waals surface area contributed by atoms with Crippen LogP contribution in [0.25, 0.3) is 0 Å². The topological polar surface area (TPSA) is 40.9 Å². The van der Waals surface area contributed by atoms with Crippen LogP contribution in [-0.4, -0.2) is 6.29 Å². The molecule has 0 bridgehead atoms. The minimum Gasteiger partial charge on any atom is -0.303 e. The van der Waals surface area contributed by atoms with Crippen molar-refractivity contribution in [3.8, 4) is 6.07 Å². The highest BCUT2D eigenvalue weighted by Gasteiger charge is 2.09. The van der Waals surface area contributed by atoms with Gasteiger partial charge >= 0.3 is 0 Å². The number of nitriles is 1. The summed E-state index contributed by atoms with van der Waals surface area (Å²) in [5.41, 5.74) is 1.03. The summed E-state index contributed by atoms with van der Waals surface area (Å²) in [4.78, 5) is 10.1.